The van der Waals surface area contributed by atoms with Gasteiger partial charge in [0.05, 0.1) is 0 Å². The zero-order valence-electron chi connectivity index (χ0n) is 12.0. The predicted molar refractivity (Wildman–Crippen MR) is 92.0 cm³/mol. The van der Waals surface area contributed by atoms with Gasteiger partial charge in [-0.05, 0) is 43.0 Å². The van der Waals surface area contributed by atoms with Crippen molar-refractivity contribution in [3.05, 3.63) is 35.4 Å². The molecule has 21 heavy (non-hydrogen) atoms. The molecule has 118 valence electrons. The molecular weight excluding hydrogens is 387 g/mol. The van der Waals surface area contributed by atoms with Gasteiger partial charge in [-0.2, -0.15) is 0 Å². The molecule has 0 radical (unpaired) electrons. The van der Waals surface area contributed by atoms with E-state index in [1.807, 2.05) is 0 Å². The monoisotopic (exact) mass is 409 g/mol. The lowest BCUT2D eigenvalue weighted by Gasteiger charge is -2.21. The molecule has 2 N–H and O–H groups in total. The number of nitrogens with two attached hydrogens (primary N) is 1. The summed E-state index contributed by atoms with van der Waals surface area (Å²) < 4.78 is 26.5. The van der Waals surface area contributed by atoms with Crippen molar-refractivity contribution >= 4 is 29.9 Å². The van der Waals surface area contributed by atoms with Crippen LogP contribution >= 0.6 is 24.0 Å². The molecule has 0 aliphatic carbocycles. The minimum atomic E-state index is -0.425. The number of guanidine groups is 1. The molecule has 0 bridgehead atoms. The molecule has 1 saturated heterocycles. The third kappa shape index (κ3) is 5.76. The van der Waals surface area contributed by atoms with Crippen LogP contribution in [-0.2, 0) is 6.42 Å². The lowest BCUT2D eigenvalue weighted by Crippen LogP contribution is -2.38. The summed E-state index contributed by atoms with van der Waals surface area (Å²) in [5, 5.41) is 0. The van der Waals surface area contributed by atoms with Crippen LogP contribution in [0.15, 0.2) is 23.2 Å². The number of nitrogens with zero attached hydrogens (tertiary/aromatic N) is 2. The van der Waals surface area contributed by atoms with Crippen LogP contribution in [0.25, 0.3) is 0 Å². The average molecular weight is 409 g/mol. The number of hydrogen-bond acceptors (Lipinski definition) is 1. The van der Waals surface area contributed by atoms with Gasteiger partial charge >= 0.3 is 0 Å². The van der Waals surface area contributed by atoms with Crippen molar-refractivity contribution in [2.75, 3.05) is 19.6 Å². The molecule has 1 aliphatic heterocycles. The van der Waals surface area contributed by atoms with Crippen LogP contribution in [-0.4, -0.2) is 30.5 Å². The van der Waals surface area contributed by atoms with E-state index in [0.717, 1.165) is 38.1 Å². The van der Waals surface area contributed by atoms with Crippen LogP contribution in [0.2, 0.25) is 0 Å². The van der Waals surface area contributed by atoms with Gasteiger partial charge in [0.2, 0.25) is 0 Å². The Morgan fingerprint density at radius 2 is 1.81 bits per heavy atom. The molecule has 6 heteroatoms. The molecule has 0 unspecified atom stereocenters. The van der Waals surface area contributed by atoms with Crippen molar-refractivity contribution in [2.45, 2.75) is 32.1 Å². The number of aliphatic imine (C=N–C) groups is 1. The molecule has 1 aliphatic rings. The Morgan fingerprint density at radius 3 is 2.48 bits per heavy atom. The molecule has 0 atom stereocenters. The molecule has 1 fully saturated rings. The maximum atomic E-state index is 13.4. The van der Waals surface area contributed by atoms with Crippen LogP contribution in [0, 0.1) is 11.6 Å². The molecule has 0 spiro atoms. The third-order valence-corrected chi connectivity index (χ3v) is 3.59. The lowest BCUT2D eigenvalue weighted by molar-refractivity contribution is 0.428. The summed E-state index contributed by atoms with van der Waals surface area (Å²) in [6.07, 6.45) is 5.10. The van der Waals surface area contributed by atoms with Crippen molar-refractivity contribution in [3.8, 4) is 0 Å². The Hall–Kier alpha value is -0.920. The summed E-state index contributed by atoms with van der Waals surface area (Å²) in [7, 11) is 0. The van der Waals surface area contributed by atoms with E-state index >= 15 is 0 Å². The predicted octanol–water partition coefficient (Wildman–Crippen LogP) is 3.32. The van der Waals surface area contributed by atoms with Crippen molar-refractivity contribution in [1.29, 1.82) is 0 Å². The maximum absolute atomic E-state index is 13.4. The third-order valence-electron chi connectivity index (χ3n) is 3.59. The highest BCUT2D eigenvalue weighted by molar-refractivity contribution is 14.0. The Labute approximate surface area is 141 Å². The van der Waals surface area contributed by atoms with Crippen molar-refractivity contribution in [1.82, 2.24) is 4.90 Å². The Bertz CT molecular complexity index is 472. The first-order chi connectivity index (χ1) is 9.66. The number of halogens is 3. The zero-order chi connectivity index (χ0) is 14.4. The first kappa shape index (κ1) is 18.1. The molecular formula is C15H22F2IN3. The van der Waals surface area contributed by atoms with Crippen LogP contribution < -0.4 is 5.73 Å². The second kappa shape index (κ2) is 9.17. The Morgan fingerprint density at radius 1 is 1.14 bits per heavy atom. The van der Waals surface area contributed by atoms with Gasteiger partial charge in [-0.25, -0.2) is 8.78 Å². The summed E-state index contributed by atoms with van der Waals surface area (Å²) in [4.78, 5) is 6.37. The summed E-state index contributed by atoms with van der Waals surface area (Å²) in [6, 6.07) is 3.48. The molecule has 1 heterocycles. The van der Waals surface area contributed by atoms with Crippen LogP contribution in [0.4, 0.5) is 8.78 Å². The second-order valence-corrected chi connectivity index (χ2v) is 5.13. The molecule has 1 aromatic rings. The number of hydrogen-bond donors (Lipinski definition) is 1. The van der Waals surface area contributed by atoms with E-state index in [2.05, 4.69) is 9.89 Å². The summed E-state index contributed by atoms with van der Waals surface area (Å²) in [5.41, 5.74) is 6.30. The van der Waals surface area contributed by atoms with Crippen LogP contribution in [0.3, 0.4) is 0 Å². The van der Waals surface area contributed by atoms with Gasteiger partial charge in [0, 0.05) is 19.6 Å². The standard InChI is InChI=1S/C15H21F2N3.HI/c16-13-5-6-14(17)12(11-13)7-8-19-15(18)20-9-3-1-2-4-10-20;/h5-6,11H,1-4,7-10H2,(H2,18,19);1H. The highest BCUT2D eigenvalue weighted by Crippen LogP contribution is 2.11. The SMILES string of the molecule is I.NC(=NCCc1cc(F)ccc1F)N1CCCCCC1. The maximum Gasteiger partial charge on any atom is 0.191 e. The fourth-order valence-corrected chi connectivity index (χ4v) is 2.43. The summed E-state index contributed by atoms with van der Waals surface area (Å²) >= 11 is 0. The van der Waals surface area contributed by atoms with E-state index in [1.54, 1.807) is 0 Å². The van der Waals surface area contributed by atoms with E-state index in [-0.39, 0.29) is 24.0 Å². The smallest absolute Gasteiger partial charge is 0.191 e. The molecule has 3 nitrogen and oxygen atoms in total. The van der Waals surface area contributed by atoms with Crippen LogP contribution in [0.5, 0.6) is 0 Å². The molecule has 2 rings (SSSR count). The minimum absolute atomic E-state index is 0. The molecule has 0 saturated carbocycles. The fourth-order valence-electron chi connectivity index (χ4n) is 2.43. The first-order valence-electron chi connectivity index (χ1n) is 7.15. The first-order valence-corrected chi connectivity index (χ1v) is 7.15. The minimum Gasteiger partial charge on any atom is -0.370 e. The van der Waals surface area contributed by atoms with Crippen molar-refractivity contribution < 1.29 is 8.78 Å². The van der Waals surface area contributed by atoms with Gasteiger partial charge in [-0.1, -0.05) is 12.8 Å². The average Bonchev–Trinajstić information content (AvgIpc) is 2.71. The van der Waals surface area contributed by atoms with Gasteiger partial charge in [0.1, 0.15) is 11.6 Å². The topological polar surface area (TPSA) is 41.6 Å². The van der Waals surface area contributed by atoms with Gasteiger partial charge in [-0.3, -0.25) is 4.99 Å². The summed E-state index contributed by atoms with van der Waals surface area (Å²) in [5.74, 6) is -0.301. The fraction of sp³-hybridized carbons (Fsp3) is 0.533. The van der Waals surface area contributed by atoms with E-state index in [1.165, 1.54) is 18.9 Å². The number of benzene rings is 1. The van der Waals surface area contributed by atoms with E-state index in [9.17, 15) is 8.78 Å². The highest BCUT2D eigenvalue weighted by Gasteiger charge is 2.10. The van der Waals surface area contributed by atoms with Crippen molar-refractivity contribution in [2.24, 2.45) is 10.7 Å². The van der Waals surface area contributed by atoms with Crippen LogP contribution in [0.1, 0.15) is 31.2 Å². The molecule has 0 amide bonds. The number of likely N-dealkylation sites (tertiary alicyclic amines) is 1. The largest absolute Gasteiger partial charge is 0.370 e. The Balaban J connectivity index is 0.00000220. The van der Waals surface area contributed by atoms with Gasteiger partial charge in [-0.15, -0.1) is 24.0 Å². The van der Waals surface area contributed by atoms with Crippen molar-refractivity contribution in [3.63, 3.8) is 0 Å². The van der Waals surface area contributed by atoms with E-state index in [0.29, 0.717) is 24.5 Å². The van der Waals surface area contributed by atoms with E-state index in [4.69, 9.17) is 5.73 Å². The molecule has 1 aromatic carbocycles. The zero-order valence-corrected chi connectivity index (χ0v) is 14.4. The van der Waals surface area contributed by atoms with Gasteiger partial charge in [0.25, 0.3) is 0 Å². The normalized spacial score (nSPS) is 16.3. The highest BCUT2D eigenvalue weighted by atomic mass is 127. The second-order valence-electron chi connectivity index (χ2n) is 5.13. The quantitative estimate of drug-likeness (QED) is 0.473. The number of rotatable bonds is 3. The van der Waals surface area contributed by atoms with Gasteiger partial charge in [0.15, 0.2) is 5.96 Å². The van der Waals surface area contributed by atoms with Gasteiger partial charge < -0.3 is 10.6 Å². The molecule has 0 aromatic heterocycles. The summed E-state index contributed by atoms with van der Waals surface area (Å²) in [6.45, 7) is 2.25. The lowest BCUT2D eigenvalue weighted by atomic mass is 10.1. The van der Waals surface area contributed by atoms with E-state index < -0.39 is 11.6 Å². The Kier molecular flexibility index (Phi) is 7.92.